The van der Waals surface area contributed by atoms with Crippen LogP contribution in [0.5, 0.6) is 0 Å². The van der Waals surface area contributed by atoms with Crippen molar-refractivity contribution < 1.29 is 23.9 Å². The van der Waals surface area contributed by atoms with Gasteiger partial charge in [0.05, 0.1) is 11.8 Å². The van der Waals surface area contributed by atoms with Crippen LogP contribution in [0.15, 0.2) is 36.4 Å². The highest BCUT2D eigenvalue weighted by Gasteiger charge is 2.51. The molecule has 0 saturated carbocycles. The molecule has 0 unspecified atom stereocenters. The summed E-state index contributed by atoms with van der Waals surface area (Å²) in [5, 5.41) is 3.05. The number of hydrogen-bond donors (Lipinski definition) is 1. The second kappa shape index (κ2) is 9.43. The molecule has 0 radical (unpaired) electrons. The fourth-order valence-electron chi connectivity index (χ4n) is 3.88. The number of likely N-dealkylation sites (tertiary alicyclic amines) is 1. The molecule has 2 aliphatic rings. The van der Waals surface area contributed by atoms with Crippen molar-refractivity contribution in [2.45, 2.75) is 39.2 Å². The molecule has 1 aliphatic carbocycles. The van der Waals surface area contributed by atoms with Gasteiger partial charge in [-0.25, -0.2) is 4.79 Å². The standard InChI is InChI=1S/C22H25ClN2O5/c1-13(2)10-18(25-20(27)16-8-3-4-9-17(16)21(25)28)22(29)30-12-19(26)24-15-7-5-6-14(23)11-15/h3-7,11,13,16-18H,8-10,12H2,1-2H3,(H,24,26)/t16-,17+,18-/m0/s1. The van der Waals surface area contributed by atoms with E-state index >= 15 is 0 Å². The Bertz CT molecular complexity index is 856. The molecular formula is C22H25ClN2O5. The van der Waals surface area contributed by atoms with Crippen molar-refractivity contribution >= 4 is 41.0 Å². The second-order valence-corrected chi connectivity index (χ2v) is 8.45. The zero-order valence-corrected chi connectivity index (χ0v) is 17.7. The fourth-order valence-corrected chi connectivity index (χ4v) is 4.07. The van der Waals surface area contributed by atoms with Crippen LogP contribution in [0.25, 0.3) is 0 Å². The van der Waals surface area contributed by atoms with Gasteiger partial charge in [0, 0.05) is 10.7 Å². The largest absolute Gasteiger partial charge is 0.454 e. The summed E-state index contributed by atoms with van der Waals surface area (Å²) >= 11 is 5.89. The van der Waals surface area contributed by atoms with Gasteiger partial charge in [-0.1, -0.05) is 43.7 Å². The number of nitrogens with one attached hydrogen (secondary N) is 1. The van der Waals surface area contributed by atoms with E-state index in [-0.39, 0.29) is 24.2 Å². The predicted molar refractivity (Wildman–Crippen MR) is 111 cm³/mol. The first-order chi connectivity index (χ1) is 14.3. The van der Waals surface area contributed by atoms with Gasteiger partial charge in [-0.05, 0) is 43.4 Å². The molecule has 1 heterocycles. The molecule has 1 N–H and O–H groups in total. The van der Waals surface area contributed by atoms with Crippen LogP contribution in [0.4, 0.5) is 5.69 Å². The topological polar surface area (TPSA) is 92.8 Å². The van der Waals surface area contributed by atoms with Crippen LogP contribution in [0.1, 0.15) is 33.1 Å². The SMILES string of the molecule is CC(C)C[C@@H](C(=O)OCC(=O)Nc1cccc(Cl)c1)N1C(=O)[C@H]2CC=CC[C@H]2C1=O. The summed E-state index contributed by atoms with van der Waals surface area (Å²) in [6, 6.07) is 5.55. The number of fused-ring (bicyclic) bond motifs is 1. The van der Waals surface area contributed by atoms with Crippen molar-refractivity contribution in [1.82, 2.24) is 4.90 Å². The Labute approximate surface area is 180 Å². The average molecular weight is 433 g/mol. The minimum absolute atomic E-state index is 0.0455. The molecule has 160 valence electrons. The molecule has 7 nitrogen and oxygen atoms in total. The van der Waals surface area contributed by atoms with Gasteiger partial charge in [-0.3, -0.25) is 19.3 Å². The summed E-state index contributed by atoms with van der Waals surface area (Å²) in [5.74, 6) is -2.75. The zero-order chi connectivity index (χ0) is 21.8. The van der Waals surface area contributed by atoms with Crippen molar-refractivity contribution in [3.05, 3.63) is 41.4 Å². The summed E-state index contributed by atoms with van der Waals surface area (Å²) < 4.78 is 5.19. The van der Waals surface area contributed by atoms with E-state index in [0.717, 1.165) is 4.90 Å². The van der Waals surface area contributed by atoms with Crippen LogP contribution in [0.3, 0.4) is 0 Å². The number of imide groups is 1. The van der Waals surface area contributed by atoms with Gasteiger partial charge in [0.25, 0.3) is 5.91 Å². The van der Waals surface area contributed by atoms with Crippen LogP contribution in [0, 0.1) is 17.8 Å². The van der Waals surface area contributed by atoms with Crippen LogP contribution in [-0.2, 0) is 23.9 Å². The van der Waals surface area contributed by atoms with E-state index in [9.17, 15) is 19.2 Å². The molecule has 1 saturated heterocycles. The molecule has 3 rings (SSSR count). The Morgan fingerprint density at radius 2 is 1.80 bits per heavy atom. The maximum absolute atomic E-state index is 12.9. The summed E-state index contributed by atoms with van der Waals surface area (Å²) in [6.45, 7) is 3.27. The number of amides is 3. The van der Waals surface area contributed by atoms with E-state index < -0.39 is 36.4 Å². The molecule has 3 amide bonds. The van der Waals surface area contributed by atoms with Gasteiger partial charge >= 0.3 is 5.97 Å². The first kappa shape index (κ1) is 22.0. The molecule has 0 bridgehead atoms. The van der Waals surface area contributed by atoms with Gasteiger partial charge in [0.1, 0.15) is 6.04 Å². The van der Waals surface area contributed by atoms with Gasteiger partial charge < -0.3 is 10.1 Å². The monoisotopic (exact) mass is 432 g/mol. The van der Waals surface area contributed by atoms with Crippen LogP contribution >= 0.6 is 11.6 Å². The van der Waals surface area contributed by atoms with E-state index in [1.807, 2.05) is 26.0 Å². The van der Waals surface area contributed by atoms with Crippen molar-refractivity contribution in [1.29, 1.82) is 0 Å². The highest BCUT2D eigenvalue weighted by Crippen LogP contribution is 2.37. The number of allylic oxidation sites excluding steroid dienone is 2. The second-order valence-electron chi connectivity index (χ2n) is 8.01. The lowest BCUT2D eigenvalue weighted by molar-refractivity contribution is -0.160. The molecule has 0 aromatic heterocycles. The lowest BCUT2D eigenvalue weighted by Crippen LogP contribution is -2.47. The van der Waals surface area contributed by atoms with E-state index in [1.54, 1.807) is 24.3 Å². The number of carbonyl (C=O) groups is 4. The van der Waals surface area contributed by atoms with Gasteiger partial charge in [0.2, 0.25) is 11.8 Å². The molecule has 1 aromatic carbocycles. The highest BCUT2D eigenvalue weighted by molar-refractivity contribution is 6.30. The van der Waals surface area contributed by atoms with E-state index in [4.69, 9.17) is 16.3 Å². The Morgan fingerprint density at radius 1 is 1.17 bits per heavy atom. The maximum Gasteiger partial charge on any atom is 0.329 e. The maximum atomic E-state index is 12.9. The number of anilines is 1. The molecule has 1 aliphatic heterocycles. The van der Waals surface area contributed by atoms with Crippen LogP contribution < -0.4 is 5.32 Å². The van der Waals surface area contributed by atoms with Crippen molar-refractivity contribution in [3.8, 4) is 0 Å². The summed E-state index contributed by atoms with van der Waals surface area (Å²) in [4.78, 5) is 51.7. The number of halogens is 1. The van der Waals surface area contributed by atoms with Gasteiger partial charge in [0.15, 0.2) is 6.61 Å². The summed E-state index contributed by atoms with van der Waals surface area (Å²) in [7, 11) is 0. The van der Waals surface area contributed by atoms with Crippen molar-refractivity contribution in [3.63, 3.8) is 0 Å². The molecule has 1 aromatic rings. The third kappa shape index (κ3) is 4.90. The normalized spacial score (nSPS) is 21.5. The minimum Gasteiger partial charge on any atom is -0.454 e. The average Bonchev–Trinajstić information content (AvgIpc) is 2.95. The van der Waals surface area contributed by atoms with E-state index in [2.05, 4.69) is 5.32 Å². The first-order valence-electron chi connectivity index (χ1n) is 10.0. The summed E-state index contributed by atoms with van der Waals surface area (Å²) in [6.07, 6.45) is 5.06. The van der Waals surface area contributed by atoms with Crippen LogP contribution in [0.2, 0.25) is 5.02 Å². The Morgan fingerprint density at radius 3 is 2.37 bits per heavy atom. The number of benzene rings is 1. The Balaban J connectivity index is 1.66. The fraction of sp³-hybridized carbons (Fsp3) is 0.455. The number of carbonyl (C=O) groups excluding carboxylic acids is 4. The molecule has 0 spiro atoms. The number of hydrogen-bond acceptors (Lipinski definition) is 5. The Kier molecular flexibility index (Phi) is 6.92. The predicted octanol–water partition coefficient (Wildman–Crippen LogP) is 3.19. The molecule has 1 fully saturated rings. The number of ether oxygens (including phenoxy) is 1. The zero-order valence-electron chi connectivity index (χ0n) is 17.0. The number of esters is 1. The minimum atomic E-state index is -1.03. The lowest BCUT2D eigenvalue weighted by atomic mass is 9.85. The smallest absolute Gasteiger partial charge is 0.329 e. The highest BCUT2D eigenvalue weighted by atomic mass is 35.5. The molecular weight excluding hydrogens is 408 g/mol. The Hall–Kier alpha value is -2.67. The van der Waals surface area contributed by atoms with Gasteiger partial charge in [-0.15, -0.1) is 0 Å². The third-order valence-corrected chi connectivity index (χ3v) is 5.51. The van der Waals surface area contributed by atoms with Gasteiger partial charge in [-0.2, -0.15) is 0 Å². The van der Waals surface area contributed by atoms with E-state index in [0.29, 0.717) is 23.6 Å². The first-order valence-corrected chi connectivity index (χ1v) is 10.4. The third-order valence-electron chi connectivity index (χ3n) is 5.27. The summed E-state index contributed by atoms with van der Waals surface area (Å²) in [5.41, 5.74) is 0.476. The van der Waals surface area contributed by atoms with Crippen molar-refractivity contribution in [2.75, 3.05) is 11.9 Å². The van der Waals surface area contributed by atoms with E-state index in [1.165, 1.54) is 0 Å². The van der Waals surface area contributed by atoms with Crippen molar-refractivity contribution in [2.24, 2.45) is 17.8 Å². The quantitative estimate of drug-likeness (QED) is 0.406. The number of nitrogens with zero attached hydrogens (tertiary/aromatic N) is 1. The molecule has 30 heavy (non-hydrogen) atoms. The number of rotatable bonds is 7. The van der Waals surface area contributed by atoms with Crippen LogP contribution in [-0.4, -0.2) is 41.2 Å². The molecule has 3 atom stereocenters. The molecule has 8 heteroatoms. The lowest BCUT2D eigenvalue weighted by Gasteiger charge is -2.26.